The summed E-state index contributed by atoms with van der Waals surface area (Å²) in [7, 11) is 4.71. The van der Waals surface area contributed by atoms with E-state index in [1.165, 1.54) is 0 Å². The van der Waals surface area contributed by atoms with Crippen molar-refractivity contribution in [2.75, 3.05) is 27.9 Å². The van der Waals surface area contributed by atoms with Gasteiger partial charge in [0.1, 0.15) is 23.3 Å². The molecule has 156 valence electrons. The first-order valence-electron chi connectivity index (χ1n) is 9.65. The van der Waals surface area contributed by atoms with Crippen LogP contribution in [0.4, 0.5) is 0 Å². The summed E-state index contributed by atoms with van der Waals surface area (Å²) in [5, 5.41) is 4.12. The van der Waals surface area contributed by atoms with Crippen LogP contribution in [0.3, 0.4) is 0 Å². The van der Waals surface area contributed by atoms with E-state index in [-0.39, 0.29) is 11.9 Å². The van der Waals surface area contributed by atoms with Crippen LogP contribution in [-0.2, 0) is 0 Å². The number of carbonyl (C=O) groups is 1. The molecule has 2 aromatic carbocycles. The molecule has 2 heterocycles. The van der Waals surface area contributed by atoms with Gasteiger partial charge >= 0.3 is 0 Å². The molecule has 1 fully saturated rings. The Balaban J connectivity index is 1.62. The van der Waals surface area contributed by atoms with E-state index in [4.69, 9.17) is 18.7 Å². The van der Waals surface area contributed by atoms with Crippen LogP contribution in [0.2, 0.25) is 0 Å². The fraction of sp³-hybridized carbons (Fsp3) is 0.318. The Morgan fingerprint density at radius 3 is 2.50 bits per heavy atom. The third-order valence-electron chi connectivity index (χ3n) is 5.19. The number of methoxy groups -OCH3 is 3. The van der Waals surface area contributed by atoms with E-state index in [0.29, 0.717) is 41.1 Å². The molecule has 4 rings (SSSR count). The van der Waals surface area contributed by atoms with Gasteiger partial charge in [0.25, 0.3) is 5.91 Å². The lowest BCUT2D eigenvalue weighted by atomic mass is 10.1. The highest BCUT2D eigenvalue weighted by atomic mass is 16.5. The van der Waals surface area contributed by atoms with Crippen molar-refractivity contribution >= 4 is 5.91 Å². The van der Waals surface area contributed by atoms with Crippen molar-refractivity contribution in [2.45, 2.75) is 18.9 Å². The highest BCUT2D eigenvalue weighted by Gasteiger charge is 2.35. The minimum absolute atomic E-state index is 0.133. The average molecular weight is 409 g/mol. The number of para-hydroxylation sites is 1. The molecule has 0 saturated carbocycles. The molecule has 8 nitrogen and oxygen atoms in total. The average Bonchev–Trinajstić information content (AvgIpc) is 3.47. The zero-order valence-corrected chi connectivity index (χ0v) is 17.1. The second-order valence-electron chi connectivity index (χ2n) is 6.91. The minimum Gasteiger partial charge on any atom is -0.497 e. The maximum Gasteiger partial charge on any atom is 0.254 e. The molecule has 1 atom stereocenters. The molecule has 0 N–H and O–H groups in total. The van der Waals surface area contributed by atoms with Gasteiger partial charge in [-0.15, -0.1) is 0 Å². The summed E-state index contributed by atoms with van der Waals surface area (Å²) in [6.07, 6.45) is 1.60. The normalized spacial score (nSPS) is 15.8. The van der Waals surface area contributed by atoms with E-state index >= 15 is 0 Å². The van der Waals surface area contributed by atoms with Crippen molar-refractivity contribution in [1.29, 1.82) is 0 Å². The third kappa shape index (κ3) is 3.68. The lowest BCUT2D eigenvalue weighted by Crippen LogP contribution is -2.30. The van der Waals surface area contributed by atoms with Gasteiger partial charge in [-0.05, 0) is 37.1 Å². The predicted octanol–water partition coefficient (Wildman–Crippen LogP) is 3.74. The number of rotatable bonds is 6. The first kappa shape index (κ1) is 19.8. The summed E-state index contributed by atoms with van der Waals surface area (Å²) in [4.78, 5) is 19.6. The van der Waals surface area contributed by atoms with E-state index in [0.717, 1.165) is 18.4 Å². The number of likely N-dealkylation sites (tertiary alicyclic amines) is 1. The summed E-state index contributed by atoms with van der Waals surface area (Å²) in [6.45, 7) is 0.607. The fourth-order valence-electron chi connectivity index (χ4n) is 3.67. The van der Waals surface area contributed by atoms with Crippen molar-refractivity contribution in [3.8, 4) is 28.6 Å². The van der Waals surface area contributed by atoms with Gasteiger partial charge in [0.15, 0.2) is 0 Å². The molecule has 30 heavy (non-hydrogen) atoms. The topological polar surface area (TPSA) is 86.9 Å². The predicted molar refractivity (Wildman–Crippen MR) is 109 cm³/mol. The van der Waals surface area contributed by atoms with Crippen LogP contribution in [0.5, 0.6) is 17.2 Å². The van der Waals surface area contributed by atoms with Crippen LogP contribution in [-0.4, -0.2) is 48.8 Å². The van der Waals surface area contributed by atoms with Crippen LogP contribution in [0.1, 0.15) is 35.1 Å². The van der Waals surface area contributed by atoms with Gasteiger partial charge < -0.3 is 23.6 Å². The standard InChI is InChI=1S/C22H23N3O5/c1-27-15-11-14(12-16(13-15)28-2)22(26)25-10-6-8-18(25)21-23-20(24-30-21)17-7-4-5-9-19(17)29-3/h4-5,7,9,11-13,18H,6,8,10H2,1-3H3/t18-/m0/s1. The number of hydrogen-bond donors (Lipinski definition) is 0. The molecule has 0 unspecified atom stereocenters. The Kier molecular flexibility index (Phi) is 5.56. The molecule has 8 heteroatoms. The van der Waals surface area contributed by atoms with Crippen molar-refractivity contribution < 1.29 is 23.5 Å². The largest absolute Gasteiger partial charge is 0.497 e. The number of hydrogen-bond acceptors (Lipinski definition) is 7. The number of benzene rings is 2. The summed E-state index contributed by atoms with van der Waals surface area (Å²) in [5.41, 5.74) is 1.23. The third-order valence-corrected chi connectivity index (χ3v) is 5.19. The molecule has 1 aromatic heterocycles. The van der Waals surface area contributed by atoms with Crippen LogP contribution in [0.25, 0.3) is 11.4 Å². The first-order chi connectivity index (χ1) is 14.6. The molecule has 0 spiro atoms. The van der Waals surface area contributed by atoms with E-state index < -0.39 is 0 Å². The van der Waals surface area contributed by atoms with E-state index in [1.807, 2.05) is 24.3 Å². The van der Waals surface area contributed by atoms with Gasteiger partial charge in [0.05, 0.1) is 26.9 Å². The van der Waals surface area contributed by atoms with E-state index in [2.05, 4.69) is 10.1 Å². The Bertz CT molecular complexity index is 1030. The zero-order chi connectivity index (χ0) is 21.1. The Morgan fingerprint density at radius 2 is 1.80 bits per heavy atom. The van der Waals surface area contributed by atoms with E-state index in [9.17, 15) is 4.79 Å². The Morgan fingerprint density at radius 1 is 1.07 bits per heavy atom. The van der Waals surface area contributed by atoms with Crippen molar-refractivity contribution in [3.05, 3.63) is 53.9 Å². The van der Waals surface area contributed by atoms with Crippen LogP contribution < -0.4 is 14.2 Å². The number of ether oxygens (including phenoxy) is 3. The quantitative estimate of drug-likeness (QED) is 0.613. The van der Waals surface area contributed by atoms with Gasteiger partial charge in [-0.2, -0.15) is 4.98 Å². The van der Waals surface area contributed by atoms with Gasteiger partial charge in [0, 0.05) is 18.2 Å². The monoisotopic (exact) mass is 409 g/mol. The van der Waals surface area contributed by atoms with Crippen LogP contribution >= 0.6 is 0 Å². The fourth-order valence-corrected chi connectivity index (χ4v) is 3.67. The molecule has 1 aliphatic heterocycles. The molecule has 3 aromatic rings. The number of aromatic nitrogens is 2. The summed E-state index contributed by atoms with van der Waals surface area (Å²) < 4.78 is 21.5. The lowest BCUT2D eigenvalue weighted by Gasteiger charge is -2.22. The van der Waals surface area contributed by atoms with Gasteiger partial charge in [-0.3, -0.25) is 4.79 Å². The van der Waals surface area contributed by atoms with Crippen LogP contribution in [0.15, 0.2) is 47.0 Å². The lowest BCUT2D eigenvalue weighted by molar-refractivity contribution is 0.0709. The molecular weight excluding hydrogens is 386 g/mol. The maximum absolute atomic E-state index is 13.2. The molecule has 1 amide bonds. The Labute approximate surface area is 174 Å². The minimum atomic E-state index is -0.286. The first-order valence-corrected chi connectivity index (χ1v) is 9.65. The zero-order valence-electron chi connectivity index (χ0n) is 17.1. The molecule has 1 saturated heterocycles. The van der Waals surface area contributed by atoms with Gasteiger partial charge in [0.2, 0.25) is 11.7 Å². The molecule has 0 radical (unpaired) electrons. The molecule has 1 aliphatic rings. The molecule has 0 bridgehead atoms. The van der Waals surface area contributed by atoms with Crippen LogP contribution in [0, 0.1) is 0 Å². The number of carbonyl (C=O) groups excluding carboxylic acids is 1. The Hall–Kier alpha value is -3.55. The second-order valence-corrected chi connectivity index (χ2v) is 6.91. The summed E-state index contributed by atoms with van der Waals surface area (Å²) in [5.74, 6) is 2.50. The highest BCUT2D eigenvalue weighted by Crippen LogP contribution is 2.35. The molecule has 0 aliphatic carbocycles. The number of amides is 1. The van der Waals surface area contributed by atoms with Crippen molar-refractivity contribution in [1.82, 2.24) is 15.0 Å². The second kappa shape index (κ2) is 8.44. The SMILES string of the molecule is COc1cc(OC)cc(C(=O)N2CCC[C@H]2c2nc(-c3ccccc3OC)no2)c1. The number of nitrogens with zero attached hydrogens (tertiary/aromatic N) is 3. The van der Waals surface area contributed by atoms with Gasteiger partial charge in [-0.1, -0.05) is 17.3 Å². The van der Waals surface area contributed by atoms with E-state index in [1.54, 1.807) is 44.4 Å². The highest BCUT2D eigenvalue weighted by molar-refractivity contribution is 5.95. The molecular formula is C22H23N3O5. The summed E-state index contributed by atoms with van der Waals surface area (Å²) >= 11 is 0. The van der Waals surface area contributed by atoms with Crippen molar-refractivity contribution in [3.63, 3.8) is 0 Å². The van der Waals surface area contributed by atoms with Crippen molar-refractivity contribution in [2.24, 2.45) is 0 Å². The smallest absolute Gasteiger partial charge is 0.254 e. The maximum atomic E-state index is 13.2. The summed E-state index contributed by atoms with van der Waals surface area (Å²) in [6, 6.07) is 12.3. The van der Waals surface area contributed by atoms with Gasteiger partial charge in [-0.25, -0.2) is 0 Å².